The lowest BCUT2D eigenvalue weighted by molar-refractivity contribution is -0.138. The molecule has 0 aliphatic heterocycles. The Morgan fingerprint density at radius 3 is 2.48 bits per heavy atom. The third-order valence-electron chi connectivity index (χ3n) is 3.95. The number of hydrogen-bond donors (Lipinski definition) is 2. The van der Waals surface area contributed by atoms with Crippen molar-refractivity contribution in [1.82, 2.24) is 20.4 Å². The van der Waals surface area contributed by atoms with Gasteiger partial charge in [-0.25, -0.2) is 0 Å². The number of aliphatic imine (C=N–C) groups is 1. The van der Waals surface area contributed by atoms with Crippen LogP contribution in [0.1, 0.15) is 37.5 Å². The number of rotatable bonds is 6. The van der Waals surface area contributed by atoms with Gasteiger partial charge in [0.15, 0.2) is 5.96 Å². The molecule has 160 valence electrons. The summed E-state index contributed by atoms with van der Waals surface area (Å²) in [5.74, 6) is 0.615. The van der Waals surface area contributed by atoms with E-state index in [1.165, 1.54) is 6.07 Å². The van der Waals surface area contributed by atoms with E-state index < -0.39 is 17.3 Å². The first-order valence-electron chi connectivity index (χ1n) is 9.29. The van der Waals surface area contributed by atoms with Crippen molar-refractivity contribution in [2.24, 2.45) is 12.0 Å². The van der Waals surface area contributed by atoms with E-state index in [2.05, 4.69) is 20.7 Å². The summed E-state index contributed by atoms with van der Waals surface area (Å²) in [6.07, 6.45) is -0.0733. The lowest BCUT2D eigenvalue weighted by atomic mass is 10.1. The van der Waals surface area contributed by atoms with Gasteiger partial charge in [-0.05, 0) is 50.5 Å². The lowest BCUT2D eigenvalue weighted by Crippen LogP contribution is -2.38. The van der Waals surface area contributed by atoms with Gasteiger partial charge < -0.3 is 15.4 Å². The number of benzene rings is 1. The molecule has 2 N–H and O–H groups in total. The number of halogens is 3. The Balaban J connectivity index is 2.01. The summed E-state index contributed by atoms with van der Waals surface area (Å²) >= 11 is 0. The first-order valence-corrected chi connectivity index (χ1v) is 9.29. The molecule has 0 atom stereocenters. The first kappa shape index (κ1) is 22.6. The predicted octanol–water partition coefficient (Wildman–Crippen LogP) is 3.52. The molecule has 29 heavy (non-hydrogen) atoms. The Hall–Kier alpha value is -2.71. The molecule has 0 radical (unpaired) electrons. The van der Waals surface area contributed by atoms with Crippen molar-refractivity contribution in [2.45, 2.75) is 45.5 Å². The standard InChI is InChI=1S/C20H28F3N5O/c1-19(2,3)29-16-7-6-15(17(10-16)20(21,22)23)12-26-18(24-4)25-9-8-14-11-27-28(5)13-14/h6-7,10-11,13H,8-9,12H2,1-5H3,(H2,24,25,26). The zero-order valence-electron chi connectivity index (χ0n) is 17.4. The first-order chi connectivity index (χ1) is 13.5. The molecule has 2 aromatic rings. The molecule has 1 aromatic carbocycles. The van der Waals surface area contributed by atoms with Gasteiger partial charge in [-0.15, -0.1) is 0 Å². The second kappa shape index (κ2) is 9.19. The summed E-state index contributed by atoms with van der Waals surface area (Å²) in [5.41, 5.74) is -0.126. The summed E-state index contributed by atoms with van der Waals surface area (Å²) in [6, 6.07) is 4.02. The minimum absolute atomic E-state index is 0.0167. The maximum Gasteiger partial charge on any atom is 0.416 e. The Morgan fingerprint density at radius 1 is 1.21 bits per heavy atom. The number of alkyl halides is 3. The van der Waals surface area contributed by atoms with Crippen LogP contribution >= 0.6 is 0 Å². The fourth-order valence-electron chi connectivity index (χ4n) is 2.72. The Bertz CT molecular complexity index is 837. The molecule has 0 unspecified atom stereocenters. The van der Waals surface area contributed by atoms with Gasteiger partial charge in [0.1, 0.15) is 11.4 Å². The van der Waals surface area contributed by atoms with E-state index in [9.17, 15) is 13.2 Å². The molecule has 9 heteroatoms. The van der Waals surface area contributed by atoms with Gasteiger partial charge in [0.05, 0.1) is 11.8 Å². The van der Waals surface area contributed by atoms with Gasteiger partial charge in [-0.1, -0.05) is 6.07 Å². The van der Waals surface area contributed by atoms with Gasteiger partial charge in [0.2, 0.25) is 0 Å². The second-order valence-electron chi connectivity index (χ2n) is 7.66. The van der Waals surface area contributed by atoms with Crippen LogP contribution in [0.15, 0.2) is 35.6 Å². The Morgan fingerprint density at radius 2 is 1.93 bits per heavy atom. The molecular formula is C20H28F3N5O. The number of aryl methyl sites for hydroxylation is 1. The molecule has 0 aliphatic carbocycles. The highest BCUT2D eigenvalue weighted by Crippen LogP contribution is 2.35. The van der Waals surface area contributed by atoms with Crippen molar-refractivity contribution < 1.29 is 17.9 Å². The van der Waals surface area contributed by atoms with Crippen LogP contribution in [0.4, 0.5) is 13.2 Å². The third-order valence-corrected chi connectivity index (χ3v) is 3.95. The highest BCUT2D eigenvalue weighted by atomic mass is 19.4. The maximum atomic E-state index is 13.5. The molecule has 1 heterocycles. The van der Waals surface area contributed by atoms with Crippen LogP contribution in [0, 0.1) is 0 Å². The van der Waals surface area contributed by atoms with Gasteiger partial charge in [0.25, 0.3) is 0 Å². The number of nitrogens with one attached hydrogen (secondary N) is 2. The SMILES string of the molecule is CN=C(NCCc1cnn(C)c1)NCc1ccc(OC(C)(C)C)cc1C(F)(F)F. The van der Waals surface area contributed by atoms with E-state index in [4.69, 9.17) is 4.74 Å². The van der Waals surface area contributed by atoms with Gasteiger partial charge in [0, 0.05) is 33.4 Å². The van der Waals surface area contributed by atoms with Gasteiger partial charge >= 0.3 is 6.18 Å². The second-order valence-corrected chi connectivity index (χ2v) is 7.66. The molecule has 0 aliphatic rings. The Labute approximate surface area is 169 Å². The topological polar surface area (TPSA) is 63.5 Å². The zero-order valence-corrected chi connectivity index (χ0v) is 17.4. The normalized spacial score (nSPS) is 12.8. The summed E-state index contributed by atoms with van der Waals surface area (Å²) < 4.78 is 47.9. The lowest BCUT2D eigenvalue weighted by Gasteiger charge is -2.23. The van der Waals surface area contributed by atoms with Crippen LogP contribution in [-0.4, -0.2) is 34.9 Å². The monoisotopic (exact) mass is 411 g/mol. The van der Waals surface area contributed by atoms with Crippen LogP contribution in [0.3, 0.4) is 0 Å². The average Bonchev–Trinajstić information content (AvgIpc) is 3.01. The molecule has 0 bridgehead atoms. The van der Waals surface area contributed by atoms with Crippen molar-refractivity contribution in [1.29, 1.82) is 0 Å². The largest absolute Gasteiger partial charge is 0.488 e. The van der Waals surface area contributed by atoms with Crippen molar-refractivity contribution in [3.8, 4) is 5.75 Å². The number of guanidine groups is 1. The average molecular weight is 411 g/mol. The Kier molecular flexibility index (Phi) is 7.16. The quantitative estimate of drug-likeness (QED) is 0.564. The predicted molar refractivity (Wildman–Crippen MR) is 107 cm³/mol. The van der Waals surface area contributed by atoms with Crippen LogP contribution < -0.4 is 15.4 Å². The molecule has 0 saturated heterocycles. The van der Waals surface area contributed by atoms with Crippen molar-refractivity contribution in [2.75, 3.05) is 13.6 Å². The molecule has 0 spiro atoms. The molecular weight excluding hydrogens is 383 g/mol. The van der Waals surface area contributed by atoms with E-state index in [1.54, 1.807) is 44.8 Å². The van der Waals surface area contributed by atoms with E-state index in [0.717, 1.165) is 18.1 Å². The highest BCUT2D eigenvalue weighted by molar-refractivity contribution is 5.79. The number of hydrogen-bond acceptors (Lipinski definition) is 3. The minimum Gasteiger partial charge on any atom is -0.488 e. The van der Waals surface area contributed by atoms with E-state index in [1.807, 2.05) is 13.2 Å². The van der Waals surface area contributed by atoms with Crippen molar-refractivity contribution in [3.63, 3.8) is 0 Å². The zero-order chi connectivity index (χ0) is 21.7. The van der Waals surface area contributed by atoms with E-state index in [-0.39, 0.29) is 17.9 Å². The molecule has 6 nitrogen and oxygen atoms in total. The fraction of sp³-hybridized carbons (Fsp3) is 0.500. The van der Waals surface area contributed by atoms with Gasteiger partial charge in [-0.2, -0.15) is 18.3 Å². The number of ether oxygens (including phenoxy) is 1. The van der Waals surface area contributed by atoms with Crippen molar-refractivity contribution in [3.05, 3.63) is 47.3 Å². The molecule has 1 aromatic heterocycles. The highest BCUT2D eigenvalue weighted by Gasteiger charge is 2.34. The molecule has 0 saturated carbocycles. The fourth-order valence-corrected chi connectivity index (χ4v) is 2.72. The minimum atomic E-state index is -4.48. The molecule has 0 fully saturated rings. The van der Waals surface area contributed by atoms with Crippen molar-refractivity contribution >= 4 is 5.96 Å². The van der Waals surface area contributed by atoms with E-state index in [0.29, 0.717) is 12.5 Å². The van der Waals surface area contributed by atoms with E-state index >= 15 is 0 Å². The summed E-state index contributed by atoms with van der Waals surface area (Å²) in [5, 5.41) is 10.1. The summed E-state index contributed by atoms with van der Waals surface area (Å²) in [6.45, 7) is 5.93. The third kappa shape index (κ3) is 7.32. The van der Waals surface area contributed by atoms with Crippen LogP contribution in [0.25, 0.3) is 0 Å². The van der Waals surface area contributed by atoms with Crippen LogP contribution in [-0.2, 0) is 26.2 Å². The smallest absolute Gasteiger partial charge is 0.416 e. The molecule has 2 rings (SSSR count). The summed E-state index contributed by atoms with van der Waals surface area (Å²) in [7, 11) is 3.41. The van der Waals surface area contributed by atoms with Crippen LogP contribution in [0.2, 0.25) is 0 Å². The molecule has 0 amide bonds. The number of aromatic nitrogens is 2. The number of nitrogens with zero attached hydrogens (tertiary/aromatic N) is 3. The van der Waals surface area contributed by atoms with Crippen LogP contribution in [0.5, 0.6) is 5.75 Å². The maximum absolute atomic E-state index is 13.5. The van der Waals surface area contributed by atoms with Gasteiger partial charge in [-0.3, -0.25) is 9.67 Å². The summed E-state index contributed by atoms with van der Waals surface area (Å²) in [4.78, 5) is 4.07.